The van der Waals surface area contributed by atoms with E-state index in [0.717, 1.165) is 21.9 Å². The minimum Gasteiger partial charge on any atom is -0.478 e. The summed E-state index contributed by atoms with van der Waals surface area (Å²) >= 11 is 0. The van der Waals surface area contributed by atoms with Crippen LogP contribution in [0, 0.1) is 0 Å². The Bertz CT molecular complexity index is 1430. The van der Waals surface area contributed by atoms with Gasteiger partial charge in [0.1, 0.15) is 0 Å². The smallest absolute Gasteiger partial charge is 0.335 e. The fraction of sp³-hybridized carbons (Fsp3) is 0.0800. The third kappa shape index (κ3) is 3.51. The van der Waals surface area contributed by atoms with Gasteiger partial charge in [-0.15, -0.1) is 0 Å². The summed E-state index contributed by atoms with van der Waals surface area (Å²) in [7, 11) is -3.79. The van der Waals surface area contributed by atoms with Gasteiger partial charge in [0.25, 0.3) is 0 Å². The molecule has 0 aliphatic heterocycles. The summed E-state index contributed by atoms with van der Waals surface area (Å²) in [5, 5.41) is 14.7. The van der Waals surface area contributed by atoms with Gasteiger partial charge in [0.15, 0.2) is 0 Å². The zero-order chi connectivity index (χ0) is 22.3. The molecule has 4 aromatic carbocycles. The lowest BCUT2D eigenvalue weighted by Gasteiger charge is -2.25. The molecule has 4 aromatic rings. The second-order valence-corrected chi connectivity index (χ2v) is 9.43. The Morgan fingerprint density at radius 2 is 1.44 bits per heavy atom. The van der Waals surface area contributed by atoms with E-state index >= 15 is 0 Å². The first-order valence-electron chi connectivity index (χ1n) is 10.1. The number of rotatable bonds is 6. The van der Waals surface area contributed by atoms with E-state index in [1.165, 1.54) is 6.07 Å². The van der Waals surface area contributed by atoms with Gasteiger partial charge in [-0.05, 0) is 52.2 Å². The number of benzene rings is 4. The van der Waals surface area contributed by atoms with Crippen molar-refractivity contribution in [2.45, 2.75) is 17.0 Å². The number of sulfonamides is 1. The molecule has 6 nitrogen and oxygen atoms in total. The highest BCUT2D eigenvalue weighted by Crippen LogP contribution is 2.46. The van der Waals surface area contributed by atoms with Gasteiger partial charge >= 0.3 is 5.97 Å². The predicted octanol–water partition coefficient (Wildman–Crippen LogP) is 4.72. The predicted molar refractivity (Wildman–Crippen MR) is 123 cm³/mol. The molecule has 0 fully saturated rings. The van der Waals surface area contributed by atoms with E-state index in [1.807, 2.05) is 36.4 Å². The molecule has 0 heterocycles. The highest BCUT2D eigenvalue weighted by molar-refractivity contribution is 7.89. The molecule has 0 bridgehead atoms. The van der Waals surface area contributed by atoms with Crippen LogP contribution in [0.4, 0.5) is 5.69 Å². The summed E-state index contributed by atoms with van der Waals surface area (Å²) in [6.07, 6.45) is 0. The summed E-state index contributed by atoms with van der Waals surface area (Å²) in [5.41, 5.74) is 2.60. The number of hydrogen-bond donors (Lipinski definition) is 3. The highest BCUT2D eigenvalue weighted by atomic mass is 32.2. The molecule has 0 aromatic heterocycles. The molecule has 0 saturated heterocycles. The zero-order valence-electron chi connectivity index (χ0n) is 16.9. The zero-order valence-corrected chi connectivity index (χ0v) is 17.7. The van der Waals surface area contributed by atoms with E-state index in [-0.39, 0.29) is 10.5 Å². The van der Waals surface area contributed by atoms with Crippen LogP contribution >= 0.6 is 0 Å². The molecule has 0 spiro atoms. The Labute approximate surface area is 185 Å². The highest BCUT2D eigenvalue weighted by Gasteiger charge is 2.37. The summed E-state index contributed by atoms with van der Waals surface area (Å²) < 4.78 is 29.2. The van der Waals surface area contributed by atoms with Crippen LogP contribution in [0.3, 0.4) is 0 Å². The molecular weight excluding hydrogens is 424 g/mol. The van der Waals surface area contributed by atoms with Gasteiger partial charge in [-0.3, -0.25) is 0 Å². The van der Waals surface area contributed by atoms with Gasteiger partial charge in [-0.1, -0.05) is 60.7 Å². The van der Waals surface area contributed by atoms with Crippen molar-refractivity contribution in [2.24, 2.45) is 0 Å². The maximum atomic E-state index is 13.2. The Morgan fingerprint density at radius 3 is 2.12 bits per heavy atom. The number of carboxylic acid groups (broad SMARTS) is 1. The molecule has 1 aliphatic carbocycles. The molecule has 160 valence electrons. The summed E-state index contributed by atoms with van der Waals surface area (Å²) in [6.45, 7) is 0. The Balaban J connectivity index is 1.59. The number of anilines is 1. The molecule has 2 atom stereocenters. The maximum absolute atomic E-state index is 13.2. The molecular formula is C25H20N2O4S. The van der Waals surface area contributed by atoms with Crippen LogP contribution in [-0.2, 0) is 10.0 Å². The standard InChI is InChI=1S/C25H20N2O4S/c28-25(29)17-9-4-10-18(15-17)26-23-20-13-5-7-16-8-6-14-21(22(16)20)24(23)27-32(30,31)19-11-2-1-3-12-19/h1-15,23-24,26-27H,(H,28,29). The van der Waals surface area contributed by atoms with E-state index in [1.54, 1.807) is 48.5 Å². The van der Waals surface area contributed by atoms with Crippen LogP contribution in [0.25, 0.3) is 10.8 Å². The molecule has 0 saturated carbocycles. The third-order valence-electron chi connectivity index (χ3n) is 5.74. The Morgan fingerprint density at radius 1 is 0.781 bits per heavy atom. The SMILES string of the molecule is O=C(O)c1cccc(NC2c3cccc4cccc(c34)C2NS(=O)(=O)c2ccccc2)c1. The van der Waals surface area contributed by atoms with Crippen LogP contribution in [0.15, 0.2) is 95.9 Å². The lowest BCUT2D eigenvalue weighted by atomic mass is 10.0. The van der Waals surface area contributed by atoms with Gasteiger partial charge in [-0.25, -0.2) is 17.9 Å². The van der Waals surface area contributed by atoms with Crippen molar-refractivity contribution in [2.75, 3.05) is 5.32 Å². The van der Waals surface area contributed by atoms with Crippen LogP contribution in [-0.4, -0.2) is 19.5 Å². The molecule has 0 amide bonds. The average molecular weight is 445 g/mol. The normalized spacial score (nSPS) is 17.4. The van der Waals surface area contributed by atoms with Gasteiger partial charge in [0.05, 0.1) is 22.5 Å². The first kappa shape index (κ1) is 20.2. The lowest BCUT2D eigenvalue weighted by Crippen LogP contribution is -2.33. The molecule has 2 unspecified atom stereocenters. The van der Waals surface area contributed by atoms with E-state index in [9.17, 15) is 18.3 Å². The second-order valence-electron chi connectivity index (χ2n) is 7.71. The van der Waals surface area contributed by atoms with Crippen molar-refractivity contribution in [1.29, 1.82) is 0 Å². The quantitative estimate of drug-likeness (QED) is 0.400. The van der Waals surface area contributed by atoms with Crippen LogP contribution < -0.4 is 10.0 Å². The first-order valence-corrected chi connectivity index (χ1v) is 11.6. The second kappa shape index (κ2) is 7.78. The van der Waals surface area contributed by atoms with E-state index < -0.39 is 28.1 Å². The van der Waals surface area contributed by atoms with Crippen LogP contribution in [0.5, 0.6) is 0 Å². The Kier molecular flexibility index (Phi) is 4.92. The molecule has 7 heteroatoms. The minimum absolute atomic E-state index is 0.158. The van der Waals surface area contributed by atoms with Gasteiger partial charge < -0.3 is 10.4 Å². The average Bonchev–Trinajstić information content (AvgIpc) is 3.09. The summed E-state index contributed by atoms with van der Waals surface area (Å²) in [6, 6.07) is 25.5. The van der Waals surface area contributed by atoms with Crippen molar-refractivity contribution in [3.8, 4) is 0 Å². The number of hydrogen-bond acceptors (Lipinski definition) is 4. The fourth-order valence-corrected chi connectivity index (χ4v) is 5.58. The number of aromatic carboxylic acids is 1. The third-order valence-corrected chi connectivity index (χ3v) is 7.20. The topological polar surface area (TPSA) is 95.5 Å². The van der Waals surface area contributed by atoms with E-state index in [4.69, 9.17) is 0 Å². The van der Waals surface area contributed by atoms with E-state index in [2.05, 4.69) is 10.0 Å². The molecule has 5 rings (SSSR count). The first-order chi connectivity index (χ1) is 15.4. The van der Waals surface area contributed by atoms with Crippen molar-refractivity contribution in [3.05, 3.63) is 108 Å². The number of nitrogens with one attached hydrogen (secondary N) is 2. The minimum atomic E-state index is -3.79. The maximum Gasteiger partial charge on any atom is 0.335 e. The monoisotopic (exact) mass is 444 g/mol. The molecule has 1 aliphatic rings. The summed E-state index contributed by atoms with van der Waals surface area (Å²) in [4.78, 5) is 11.6. The molecule has 0 radical (unpaired) electrons. The van der Waals surface area contributed by atoms with Gasteiger partial charge in [0, 0.05) is 5.69 Å². The molecule has 32 heavy (non-hydrogen) atoms. The van der Waals surface area contributed by atoms with E-state index in [0.29, 0.717) is 5.69 Å². The Hall–Kier alpha value is -3.68. The number of carboxylic acids is 1. The van der Waals surface area contributed by atoms with Crippen molar-refractivity contribution in [1.82, 2.24) is 4.72 Å². The number of carbonyl (C=O) groups is 1. The van der Waals surface area contributed by atoms with Crippen LogP contribution in [0.2, 0.25) is 0 Å². The van der Waals surface area contributed by atoms with Gasteiger partial charge in [-0.2, -0.15) is 0 Å². The molecule has 3 N–H and O–H groups in total. The fourth-order valence-electron chi connectivity index (χ4n) is 4.33. The van der Waals surface area contributed by atoms with Crippen LogP contribution in [0.1, 0.15) is 33.6 Å². The van der Waals surface area contributed by atoms with Crippen molar-refractivity contribution < 1.29 is 18.3 Å². The largest absolute Gasteiger partial charge is 0.478 e. The summed E-state index contributed by atoms with van der Waals surface area (Å²) in [5.74, 6) is -1.02. The van der Waals surface area contributed by atoms with Crippen molar-refractivity contribution in [3.63, 3.8) is 0 Å². The lowest BCUT2D eigenvalue weighted by molar-refractivity contribution is 0.0697. The van der Waals surface area contributed by atoms with Gasteiger partial charge in [0.2, 0.25) is 10.0 Å². The van der Waals surface area contributed by atoms with Crippen molar-refractivity contribution >= 4 is 32.5 Å².